The molecule has 5 atom stereocenters. The molecule has 2 fully saturated rings. The number of aliphatic imine (C=N–C) groups is 2. The summed E-state index contributed by atoms with van der Waals surface area (Å²) in [6.07, 6.45) is 3.47. The van der Waals surface area contributed by atoms with Crippen molar-refractivity contribution in [2.45, 2.75) is 52.4 Å². The lowest BCUT2D eigenvalue weighted by atomic mass is 9.68. The number of guanidine groups is 1. The summed E-state index contributed by atoms with van der Waals surface area (Å²) in [5, 5.41) is 19.4. The number of methoxy groups -OCH3 is 1. The van der Waals surface area contributed by atoms with Crippen molar-refractivity contribution in [2.24, 2.45) is 21.3 Å². The summed E-state index contributed by atoms with van der Waals surface area (Å²) < 4.78 is 6.85. The molecule has 0 radical (unpaired) electrons. The normalized spacial score (nSPS) is 30.7. The van der Waals surface area contributed by atoms with Crippen molar-refractivity contribution in [2.75, 3.05) is 26.7 Å². The molecule has 5 heterocycles. The summed E-state index contributed by atoms with van der Waals surface area (Å²) in [5.74, 6) is 2.17. The average molecular weight is 453 g/mol. The highest BCUT2D eigenvalue weighted by molar-refractivity contribution is 5.99. The topological polar surface area (TPSA) is 104 Å². The summed E-state index contributed by atoms with van der Waals surface area (Å²) in [6, 6.07) is 4.09. The third-order valence-electron chi connectivity index (χ3n) is 7.68. The van der Waals surface area contributed by atoms with Gasteiger partial charge in [0.05, 0.1) is 31.6 Å². The second-order valence-corrected chi connectivity index (χ2v) is 9.74. The van der Waals surface area contributed by atoms with Crippen molar-refractivity contribution in [3.05, 3.63) is 30.1 Å². The van der Waals surface area contributed by atoms with E-state index < -0.39 is 6.23 Å². The number of likely N-dealkylation sites (tertiary alicyclic amines) is 2. The molecular weight excluding hydrogens is 420 g/mol. The van der Waals surface area contributed by atoms with Crippen LogP contribution in [0, 0.1) is 11.3 Å². The Labute approximate surface area is 194 Å². The van der Waals surface area contributed by atoms with Crippen LogP contribution >= 0.6 is 0 Å². The fourth-order valence-corrected chi connectivity index (χ4v) is 5.11. The first-order valence-electron chi connectivity index (χ1n) is 11.5. The van der Waals surface area contributed by atoms with Crippen LogP contribution in [0.5, 0.6) is 5.88 Å². The molecule has 3 aliphatic rings. The maximum Gasteiger partial charge on any atom is 0.221 e. The van der Waals surface area contributed by atoms with Crippen molar-refractivity contribution < 1.29 is 9.84 Å². The van der Waals surface area contributed by atoms with Crippen LogP contribution in [0.25, 0.3) is 5.82 Å². The van der Waals surface area contributed by atoms with Gasteiger partial charge in [-0.2, -0.15) is 4.98 Å². The number of aromatic nitrogens is 4. The number of aliphatic hydroxyl groups excluding tert-OH is 1. The minimum atomic E-state index is -0.827. The second kappa shape index (κ2) is 8.18. The fraction of sp³-hybridized carbons (Fsp3) is 0.609. The van der Waals surface area contributed by atoms with Gasteiger partial charge in [-0.15, -0.1) is 5.10 Å². The Morgan fingerprint density at radius 1 is 1.27 bits per heavy atom. The lowest BCUT2D eigenvalue weighted by Crippen LogP contribution is -2.71. The molecule has 5 unspecified atom stereocenters. The molecule has 3 aliphatic heterocycles. The van der Waals surface area contributed by atoms with E-state index in [0.717, 1.165) is 37.7 Å². The number of fused-ring (bicyclic) bond motifs is 1. The molecule has 5 rings (SSSR count). The highest BCUT2D eigenvalue weighted by atomic mass is 16.5. The molecule has 0 aromatic carbocycles. The van der Waals surface area contributed by atoms with E-state index in [4.69, 9.17) is 14.7 Å². The fourth-order valence-electron chi connectivity index (χ4n) is 5.11. The summed E-state index contributed by atoms with van der Waals surface area (Å²) in [4.78, 5) is 18.7. The molecule has 2 aromatic rings. The Bertz CT molecular complexity index is 1080. The van der Waals surface area contributed by atoms with Crippen molar-refractivity contribution in [3.8, 4) is 11.7 Å². The van der Waals surface area contributed by atoms with Gasteiger partial charge in [0, 0.05) is 48.3 Å². The largest absolute Gasteiger partial charge is 0.481 e. The van der Waals surface area contributed by atoms with E-state index in [-0.39, 0.29) is 17.5 Å². The maximum absolute atomic E-state index is 11.4. The predicted molar refractivity (Wildman–Crippen MR) is 125 cm³/mol. The third kappa shape index (κ3) is 3.71. The molecule has 10 nitrogen and oxygen atoms in total. The van der Waals surface area contributed by atoms with E-state index in [1.165, 1.54) is 0 Å². The molecular formula is C23H32N8O2. The van der Waals surface area contributed by atoms with Gasteiger partial charge in [0.25, 0.3) is 0 Å². The zero-order chi connectivity index (χ0) is 23.3. The average Bonchev–Trinajstić information content (AvgIpc) is 3.34. The minimum Gasteiger partial charge on any atom is -0.481 e. The lowest BCUT2D eigenvalue weighted by molar-refractivity contribution is -0.117. The van der Waals surface area contributed by atoms with Gasteiger partial charge < -0.3 is 14.7 Å². The molecule has 0 bridgehead atoms. The number of piperidine rings is 1. The highest BCUT2D eigenvalue weighted by Gasteiger charge is 2.54. The van der Waals surface area contributed by atoms with E-state index >= 15 is 0 Å². The van der Waals surface area contributed by atoms with Gasteiger partial charge in [-0.3, -0.25) is 4.90 Å². The Morgan fingerprint density at radius 2 is 2.09 bits per heavy atom. The van der Waals surface area contributed by atoms with Crippen LogP contribution < -0.4 is 4.74 Å². The Morgan fingerprint density at radius 3 is 2.79 bits per heavy atom. The van der Waals surface area contributed by atoms with E-state index in [2.05, 4.69) is 52.8 Å². The summed E-state index contributed by atoms with van der Waals surface area (Å²) in [6.45, 7) is 11.2. The minimum absolute atomic E-state index is 0.196. The number of hydrogen-bond acceptors (Lipinski definition) is 9. The summed E-state index contributed by atoms with van der Waals surface area (Å²) >= 11 is 0. The lowest BCUT2D eigenvalue weighted by Gasteiger charge is -2.61. The predicted octanol–water partition coefficient (Wildman–Crippen LogP) is 1.91. The smallest absolute Gasteiger partial charge is 0.221 e. The van der Waals surface area contributed by atoms with Gasteiger partial charge in [-0.25, -0.2) is 14.7 Å². The third-order valence-corrected chi connectivity index (χ3v) is 7.68. The number of rotatable bonds is 4. The quantitative estimate of drug-likeness (QED) is 0.756. The molecule has 33 heavy (non-hydrogen) atoms. The molecule has 2 saturated heterocycles. The summed E-state index contributed by atoms with van der Waals surface area (Å²) in [7, 11) is 1.57. The van der Waals surface area contributed by atoms with E-state index in [1.54, 1.807) is 30.3 Å². The van der Waals surface area contributed by atoms with E-state index in [9.17, 15) is 5.11 Å². The van der Waals surface area contributed by atoms with Gasteiger partial charge in [0.15, 0.2) is 5.82 Å². The van der Waals surface area contributed by atoms with Crippen LogP contribution in [-0.4, -0.2) is 85.4 Å². The molecule has 1 N–H and O–H groups in total. The molecule has 10 heteroatoms. The number of hydrogen-bond donors (Lipinski definition) is 1. The number of pyridine rings is 1. The van der Waals surface area contributed by atoms with Crippen LogP contribution in [0.1, 0.15) is 45.9 Å². The molecule has 0 amide bonds. The van der Waals surface area contributed by atoms with Crippen molar-refractivity contribution in [3.63, 3.8) is 0 Å². The van der Waals surface area contributed by atoms with Crippen LogP contribution in [0.15, 0.2) is 34.5 Å². The molecule has 0 saturated carbocycles. The first-order chi connectivity index (χ1) is 15.8. The Hall–Kier alpha value is -2.85. The van der Waals surface area contributed by atoms with Crippen LogP contribution in [-0.2, 0) is 0 Å². The zero-order valence-corrected chi connectivity index (χ0v) is 19.9. The van der Waals surface area contributed by atoms with Crippen molar-refractivity contribution in [1.29, 1.82) is 0 Å². The van der Waals surface area contributed by atoms with E-state index in [1.807, 2.05) is 6.07 Å². The van der Waals surface area contributed by atoms with Gasteiger partial charge in [-0.05, 0) is 26.3 Å². The molecule has 2 aromatic heterocycles. The number of ether oxygens (including phenoxy) is 1. The van der Waals surface area contributed by atoms with Gasteiger partial charge >= 0.3 is 0 Å². The summed E-state index contributed by atoms with van der Waals surface area (Å²) in [5.41, 5.74) is 2.00. The number of nitrogens with zero attached hydrogens (tertiary/aromatic N) is 8. The van der Waals surface area contributed by atoms with Crippen LogP contribution in [0.3, 0.4) is 0 Å². The number of aliphatic hydroxyl groups is 1. The molecule has 176 valence electrons. The van der Waals surface area contributed by atoms with E-state index in [0.29, 0.717) is 23.2 Å². The van der Waals surface area contributed by atoms with Crippen molar-refractivity contribution in [1.82, 2.24) is 29.8 Å². The second-order valence-electron chi connectivity index (χ2n) is 9.74. The zero-order valence-electron chi connectivity index (χ0n) is 19.9. The standard InChI is InChI=1S/C23H32N8O2/c1-14-15(2)25-22(26-16(14)3)30-13-23(4)8-10-29(12-18(23)30)21(32)17-6-7-19(33-5)27-20(17)31-11-9-24-28-31/h6-7,9,11,14-15,18,21,32H,8,10,12-13H2,1-5H3. The highest BCUT2D eigenvalue weighted by Crippen LogP contribution is 2.46. The van der Waals surface area contributed by atoms with Crippen LogP contribution in [0.4, 0.5) is 0 Å². The first-order valence-corrected chi connectivity index (χ1v) is 11.5. The Kier molecular flexibility index (Phi) is 5.44. The van der Waals surface area contributed by atoms with Gasteiger partial charge in [-0.1, -0.05) is 19.1 Å². The maximum atomic E-state index is 11.4. The van der Waals surface area contributed by atoms with Crippen molar-refractivity contribution >= 4 is 11.7 Å². The van der Waals surface area contributed by atoms with Gasteiger partial charge in [0.2, 0.25) is 11.8 Å². The molecule has 0 spiro atoms. The SMILES string of the molecule is COc1ccc(C(O)N2CCC3(C)CN(C4=NC(C)C(C)C(C)=N4)C3C2)c(-n2ccnn2)n1. The molecule has 0 aliphatic carbocycles. The Balaban J connectivity index is 1.40. The van der Waals surface area contributed by atoms with Crippen LogP contribution in [0.2, 0.25) is 0 Å². The first kappa shape index (κ1) is 22.0. The van der Waals surface area contributed by atoms with Gasteiger partial charge in [0.1, 0.15) is 6.23 Å². The monoisotopic (exact) mass is 452 g/mol.